The van der Waals surface area contributed by atoms with Gasteiger partial charge in [-0.1, -0.05) is 29.8 Å². The standard InChI is InChI=1S/C21H20ClFN2O2/c1-25(13-21(26)24-20-11-17(22)6-8-19(20)23)12-14-3-4-16-10-18(27-2)7-5-15(16)9-14/h3-11H,12-13H2,1-2H3,(H,24,26)/p+1. The Morgan fingerprint density at radius 2 is 1.85 bits per heavy atom. The average molecular weight is 388 g/mol. The second kappa shape index (κ2) is 8.37. The molecule has 3 aromatic carbocycles. The molecule has 1 amide bonds. The zero-order chi connectivity index (χ0) is 19.4. The number of hydrogen-bond donors (Lipinski definition) is 2. The number of carbonyl (C=O) groups is 1. The minimum Gasteiger partial charge on any atom is -0.497 e. The smallest absolute Gasteiger partial charge is 0.279 e. The van der Waals surface area contributed by atoms with Gasteiger partial charge in [-0.3, -0.25) is 4.79 Å². The van der Waals surface area contributed by atoms with Crippen molar-refractivity contribution in [3.63, 3.8) is 0 Å². The molecule has 0 aliphatic heterocycles. The molecule has 1 atom stereocenters. The first-order chi connectivity index (χ1) is 12.9. The minimum absolute atomic E-state index is 0.0972. The van der Waals surface area contributed by atoms with E-state index in [1.165, 1.54) is 18.2 Å². The van der Waals surface area contributed by atoms with E-state index in [1.807, 2.05) is 37.4 Å². The van der Waals surface area contributed by atoms with Crippen molar-refractivity contribution in [2.45, 2.75) is 6.54 Å². The van der Waals surface area contributed by atoms with E-state index in [4.69, 9.17) is 16.3 Å². The topological polar surface area (TPSA) is 42.8 Å². The fourth-order valence-electron chi connectivity index (χ4n) is 2.98. The Morgan fingerprint density at radius 1 is 1.11 bits per heavy atom. The Bertz CT molecular complexity index is 978. The van der Waals surface area contributed by atoms with Crippen molar-refractivity contribution < 1.29 is 18.8 Å². The summed E-state index contributed by atoms with van der Waals surface area (Å²) >= 11 is 5.85. The number of amides is 1. The highest BCUT2D eigenvalue weighted by atomic mass is 35.5. The van der Waals surface area contributed by atoms with Crippen molar-refractivity contribution in [1.82, 2.24) is 0 Å². The summed E-state index contributed by atoms with van der Waals surface area (Å²) in [5, 5.41) is 5.17. The maximum absolute atomic E-state index is 13.7. The lowest BCUT2D eigenvalue weighted by Crippen LogP contribution is -3.08. The van der Waals surface area contributed by atoms with Crippen molar-refractivity contribution in [2.24, 2.45) is 0 Å². The molecule has 0 radical (unpaired) electrons. The molecule has 0 spiro atoms. The number of carbonyl (C=O) groups excluding carboxylic acids is 1. The first-order valence-corrected chi connectivity index (χ1v) is 8.95. The van der Waals surface area contributed by atoms with Crippen molar-refractivity contribution >= 4 is 34.0 Å². The van der Waals surface area contributed by atoms with Gasteiger partial charge in [0.1, 0.15) is 18.1 Å². The Kier molecular flexibility index (Phi) is 5.94. The summed E-state index contributed by atoms with van der Waals surface area (Å²) in [5.74, 6) is 0.0532. The van der Waals surface area contributed by atoms with E-state index in [-0.39, 0.29) is 18.1 Å². The molecule has 140 valence electrons. The summed E-state index contributed by atoms with van der Waals surface area (Å²) in [6.45, 7) is 0.889. The Morgan fingerprint density at radius 3 is 2.63 bits per heavy atom. The lowest BCUT2D eigenvalue weighted by Gasteiger charge is -2.15. The number of methoxy groups -OCH3 is 1. The number of ether oxygens (including phenoxy) is 1. The number of fused-ring (bicyclic) bond motifs is 1. The zero-order valence-corrected chi connectivity index (χ0v) is 15.9. The van der Waals surface area contributed by atoms with E-state index in [0.29, 0.717) is 11.6 Å². The van der Waals surface area contributed by atoms with Gasteiger partial charge >= 0.3 is 0 Å². The van der Waals surface area contributed by atoms with Crippen LogP contribution in [0.5, 0.6) is 5.75 Å². The lowest BCUT2D eigenvalue weighted by atomic mass is 10.1. The maximum Gasteiger partial charge on any atom is 0.279 e. The van der Waals surface area contributed by atoms with Crippen LogP contribution in [0.3, 0.4) is 0 Å². The summed E-state index contributed by atoms with van der Waals surface area (Å²) in [5.41, 5.74) is 1.21. The summed E-state index contributed by atoms with van der Waals surface area (Å²) in [7, 11) is 3.57. The fourth-order valence-corrected chi connectivity index (χ4v) is 3.16. The first-order valence-electron chi connectivity index (χ1n) is 8.57. The molecule has 0 bridgehead atoms. The van der Waals surface area contributed by atoms with E-state index < -0.39 is 5.82 Å². The fraction of sp³-hybridized carbons (Fsp3) is 0.190. The molecule has 0 fully saturated rings. The molecule has 3 rings (SSSR count). The number of hydrogen-bond acceptors (Lipinski definition) is 2. The predicted octanol–water partition coefficient (Wildman–Crippen LogP) is 3.29. The van der Waals surface area contributed by atoms with Gasteiger partial charge < -0.3 is 15.0 Å². The molecule has 0 aromatic heterocycles. The molecule has 3 aromatic rings. The Hall–Kier alpha value is -2.63. The van der Waals surface area contributed by atoms with E-state index in [9.17, 15) is 9.18 Å². The van der Waals surface area contributed by atoms with Gasteiger partial charge in [0.2, 0.25) is 0 Å². The van der Waals surface area contributed by atoms with Crippen LogP contribution in [0.4, 0.5) is 10.1 Å². The van der Waals surface area contributed by atoms with Gasteiger partial charge in [0.25, 0.3) is 5.91 Å². The van der Waals surface area contributed by atoms with E-state index in [2.05, 4.69) is 11.4 Å². The maximum atomic E-state index is 13.7. The van der Waals surface area contributed by atoms with Gasteiger partial charge in [0.15, 0.2) is 6.54 Å². The van der Waals surface area contributed by atoms with Crippen LogP contribution in [-0.2, 0) is 11.3 Å². The number of halogens is 2. The zero-order valence-electron chi connectivity index (χ0n) is 15.2. The van der Waals surface area contributed by atoms with Crippen molar-refractivity contribution in [3.8, 4) is 5.75 Å². The van der Waals surface area contributed by atoms with Gasteiger partial charge in [-0.2, -0.15) is 0 Å². The molecular weight excluding hydrogens is 367 g/mol. The number of likely N-dealkylation sites (N-methyl/N-ethyl adjacent to an activating group) is 1. The molecule has 1 unspecified atom stereocenters. The van der Waals surface area contributed by atoms with Crippen LogP contribution in [-0.4, -0.2) is 26.6 Å². The molecular formula is C21H21ClFN2O2+. The van der Waals surface area contributed by atoms with Gasteiger partial charge in [-0.25, -0.2) is 4.39 Å². The number of anilines is 1. The van der Waals surface area contributed by atoms with Gasteiger partial charge in [-0.05, 0) is 47.2 Å². The van der Waals surface area contributed by atoms with Crippen molar-refractivity contribution in [3.05, 3.63) is 71.0 Å². The predicted molar refractivity (Wildman–Crippen MR) is 106 cm³/mol. The van der Waals surface area contributed by atoms with Crippen molar-refractivity contribution in [1.29, 1.82) is 0 Å². The monoisotopic (exact) mass is 387 g/mol. The number of rotatable bonds is 6. The second-order valence-corrected chi connectivity index (χ2v) is 6.97. The van der Waals surface area contributed by atoms with E-state index in [0.717, 1.165) is 27.0 Å². The first kappa shape index (κ1) is 19.1. The Balaban J connectivity index is 1.63. The van der Waals surface area contributed by atoms with Crippen LogP contribution < -0.4 is 15.0 Å². The summed E-state index contributed by atoms with van der Waals surface area (Å²) in [4.78, 5) is 13.2. The van der Waals surface area contributed by atoms with Gasteiger partial charge in [0, 0.05) is 10.6 Å². The van der Waals surface area contributed by atoms with Crippen LogP contribution in [0.2, 0.25) is 5.02 Å². The highest BCUT2D eigenvalue weighted by molar-refractivity contribution is 6.30. The van der Waals surface area contributed by atoms with Crippen molar-refractivity contribution in [2.75, 3.05) is 26.0 Å². The normalized spacial score (nSPS) is 12.0. The summed E-state index contributed by atoms with van der Waals surface area (Å²) < 4.78 is 19.0. The third-order valence-electron chi connectivity index (χ3n) is 4.28. The molecule has 2 N–H and O–H groups in total. The largest absolute Gasteiger partial charge is 0.497 e. The SMILES string of the molecule is COc1ccc2cc(C[NH+](C)CC(=O)Nc3cc(Cl)ccc3F)ccc2c1. The van der Waals surface area contributed by atoms with E-state index >= 15 is 0 Å². The third kappa shape index (κ3) is 4.96. The summed E-state index contributed by atoms with van der Waals surface area (Å²) in [6, 6.07) is 16.2. The van der Waals surface area contributed by atoms with Crippen LogP contribution >= 0.6 is 11.6 Å². The summed E-state index contributed by atoms with van der Waals surface area (Å²) in [6.07, 6.45) is 0. The lowest BCUT2D eigenvalue weighted by molar-refractivity contribution is -0.885. The van der Waals surface area contributed by atoms with Gasteiger partial charge in [-0.15, -0.1) is 0 Å². The molecule has 0 saturated carbocycles. The molecule has 0 saturated heterocycles. The number of nitrogens with one attached hydrogen (secondary N) is 2. The molecule has 0 heterocycles. The van der Waals surface area contributed by atoms with E-state index in [1.54, 1.807) is 7.11 Å². The highest BCUT2D eigenvalue weighted by Gasteiger charge is 2.13. The average Bonchev–Trinajstić information content (AvgIpc) is 2.64. The molecule has 27 heavy (non-hydrogen) atoms. The second-order valence-electron chi connectivity index (χ2n) is 6.53. The number of quaternary nitrogens is 1. The van der Waals surface area contributed by atoms with Gasteiger partial charge in [0.05, 0.1) is 19.8 Å². The molecule has 0 aliphatic rings. The van der Waals surface area contributed by atoms with Crippen LogP contribution in [0.25, 0.3) is 10.8 Å². The third-order valence-corrected chi connectivity index (χ3v) is 4.52. The Labute approximate surface area is 162 Å². The number of benzene rings is 3. The van der Waals surface area contributed by atoms with Crippen LogP contribution in [0.15, 0.2) is 54.6 Å². The van der Waals surface area contributed by atoms with Crippen LogP contribution in [0, 0.1) is 5.82 Å². The molecule has 4 nitrogen and oxygen atoms in total. The highest BCUT2D eigenvalue weighted by Crippen LogP contribution is 2.22. The molecule has 0 aliphatic carbocycles. The quantitative estimate of drug-likeness (QED) is 0.681. The minimum atomic E-state index is -0.504. The molecule has 6 heteroatoms. The van der Waals surface area contributed by atoms with Crippen LogP contribution in [0.1, 0.15) is 5.56 Å².